The Morgan fingerprint density at radius 3 is 2.50 bits per heavy atom. The van der Waals surface area contributed by atoms with Gasteiger partial charge in [0.1, 0.15) is 6.54 Å². The number of hydrogen-bond acceptors (Lipinski definition) is 6. The van der Waals surface area contributed by atoms with E-state index in [2.05, 4.69) is 25.7 Å². The Morgan fingerprint density at radius 1 is 1.11 bits per heavy atom. The number of anilines is 1. The van der Waals surface area contributed by atoms with Gasteiger partial charge in [-0.25, -0.2) is 14.6 Å². The Kier molecular flexibility index (Phi) is 5.64. The van der Waals surface area contributed by atoms with Crippen molar-refractivity contribution in [2.24, 2.45) is 5.92 Å². The number of nitrogens with zero attached hydrogens (tertiary/aromatic N) is 4. The molecule has 0 atom stereocenters. The summed E-state index contributed by atoms with van der Waals surface area (Å²) in [5.74, 6) is 1.26. The summed E-state index contributed by atoms with van der Waals surface area (Å²) >= 11 is 0. The van der Waals surface area contributed by atoms with Crippen LogP contribution in [0, 0.1) is 5.92 Å². The van der Waals surface area contributed by atoms with Crippen molar-refractivity contribution in [1.82, 2.24) is 25.1 Å². The lowest BCUT2D eigenvalue weighted by atomic mass is 9.83. The van der Waals surface area contributed by atoms with E-state index in [0.29, 0.717) is 17.2 Å². The van der Waals surface area contributed by atoms with Gasteiger partial charge in [-0.05, 0) is 37.7 Å². The van der Waals surface area contributed by atoms with Crippen molar-refractivity contribution in [1.29, 1.82) is 0 Å². The Labute approximate surface area is 163 Å². The molecule has 1 amide bonds. The highest BCUT2D eigenvalue weighted by atomic mass is 16.2. The molecule has 148 valence electrons. The molecule has 0 aliphatic heterocycles. The average Bonchev–Trinajstić information content (AvgIpc) is 2.63. The monoisotopic (exact) mass is 382 g/mol. The second-order valence-electron chi connectivity index (χ2n) is 7.72. The Morgan fingerprint density at radius 2 is 1.86 bits per heavy atom. The molecule has 0 spiro atoms. The van der Waals surface area contributed by atoms with E-state index in [1.54, 1.807) is 18.5 Å². The molecule has 2 aromatic heterocycles. The van der Waals surface area contributed by atoms with Crippen LogP contribution >= 0.6 is 0 Å². The second-order valence-corrected chi connectivity index (χ2v) is 7.72. The van der Waals surface area contributed by atoms with Gasteiger partial charge in [0.15, 0.2) is 0 Å². The highest BCUT2D eigenvalue weighted by molar-refractivity contribution is 5.76. The van der Waals surface area contributed by atoms with Crippen LogP contribution < -0.4 is 16.2 Å². The molecule has 0 radical (unpaired) electrons. The normalized spacial score (nSPS) is 16.9. The lowest BCUT2D eigenvalue weighted by molar-refractivity contribution is -0.123. The van der Waals surface area contributed by atoms with Gasteiger partial charge in [-0.15, -0.1) is 0 Å². The number of rotatable bonds is 8. The Bertz CT molecular complexity index is 871. The van der Waals surface area contributed by atoms with Gasteiger partial charge in [0, 0.05) is 36.6 Å². The molecule has 2 N–H and O–H groups in total. The van der Waals surface area contributed by atoms with Crippen LogP contribution in [0.15, 0.2) is 29.3 Å². The van der Waals surface area contributed by atoms with Gasteiger partial charge in [0.25, 0.3) is 5.56 Å². The fourth-order valence-corrected chi connectivity index (χ4v) is 3.40. The van der Waals surface area contributed by atoms with Crippen LogP contribution in [-0.4, -0.2) is 38.2 Å². The second kappa shape index (κ2) is 8.50. The Balaban J connectivity index is 1.37. The summed E-state index contributed by atoms with van der Waals surface area (Å²) in [5.41, 5.74) is 0.970. The highest BCUT2D eigenvalue weighted by Gasteiger charge is 2.20. The van der Waals surface area contributed by atoms with Crippen molar-refractivity contribution in [3.63, 3.8) is 0 Å². The van der Waals surface area contributed by atoms with Crippen LogP contribution in [0.25, 0.3) is 11.3 Å². The third kappa shape index (κ3) is 4.55. The van der Waals surface area contributed by atoms with E-state index in [-0.39, 0.29) is 24.1 Å². The van der Waals surface area contributed by atoms with Crippen molar-refractivity contribution in [3.05, 3.63) is 34.9 Å². The molecular formula is C20H26N6O2. The number of carbonyl (C=O) groups is 1. The molecule has 8 nitrogen and oxygen atoms in total. The molecular weight excluding hydrogens is 356 g/mol. The molecule has 8 heteroatoms. The molecule has 4 rings (SSSR count). The van der Waals surface area contributed by atoms with Crippen LogP contribution in [0.4, 0.5) is 5.95 Å². The van der Waals surface area contributed by atoms with Crippen LogP contribution in [0.3, 0.4) is 0 Å². The van der Waals surface area contributed by atoms with Gasteiger partial charge in [0.2, 0.25) is 11.9 Å². The highest BCUT2D eigenvalue weighted by Crippen LogP contribution is 2.29. The summed E-state index contributed by atoms with van der Waals surface area (Å²) in [6, 6.07) is 3.29. The fourth-order valence-electron chi connectivity index (χ4n) is 3.40. The number of amides is 1. The van der Waals surface area contributed by atoms with E-state index >= 15 is 0 Å². The summed E-state index contributed by atoms with van der Waals surface area (Å²) in [4.78, 5) is 32.8. The first-order valence-electron chi connectivity index (χ1n) is 10.1. The average molecular weight is 382 g/mol. The van der Waals surface area contributed by atoms with E-state index in [1.807, 2.05) is 0 Å². The molecule has 0 saturated heterocycles. The fraction of sp³-hybridized carbons (Fsp3) is 0.550. The zero-order valence-electron chi connectivity index (χ0n) is 15.9. The lowest BCUT2D eigenvalue weighted by Crippen LogP contribution is -2.42. The molecule has 0 unspecified atom stereocenters. The molecule has 2 aliphatic rings. The maximum absolute atomic E-state index is 12.1. The third-order valence-electron chi connectivity index (χ3n) is 5.64. The van der Waals surface area contributed by atoms with Crippen molar-refractivity contribution in [2.45, 2.75) is 57.5 Å². The van der Waals surface area contributed by atoms with Crippen molar-refractivity contribution < 1.29 is 4.79 Å². The third-order valence-corrected chi connectivity index (χ3v) is 5.64. The predicted molar refractivity (Wildman–Crippen MR) is 106 cm³/mol. The molecule has 2 aliphatic carbocycles. The largest absolute Gasteiger partial charge is 0.354 e. The van der Waals surface area contributed by atoms with E-state index in [4.69, 9.17) is 0 Å². The van der Waals surface area contributed by atoms with E-state index in [1.165, 1.54) is 30.0 Å². The summed E-state index contributed by atoms with van der Waals surface area (Å²) in [6.45, 7) is 0.800. The van der Waals surface area contributed by atoms with Crippen molar-refractivity contribution in [3.8, 4) is 11.3 Å². The zero-order valence-corrected chi connectivity index (χ0v) is 15.9. The Hall–Kier alpha value is -2.77. The van der Waals surface area contributed by atoms with Gasteiger partial charge >= 0.3 is 0 Å². The van der Waals surface area contributed by atoms with Crippen LogP contribution in [0.5, 0.6) is 0 Å². The maximum Gasteiger partial charge on any atom is 0.267 e. The number of carbonyl (C=O) groups excluding carboxylic acids is 1. The lowest BCUT2D eigenvalue weighted by Gasteiger charge is -2.26. The van der Waals surface area contributed by atoms with E-state index in [0.717, 1.165) is 38.1 Å². The van der Waals surface area contributed by atoms with Crippen molar-refractivity contribution >= 4 is 11.9 Å². The number of hydrogen-bond donors (Lipinski definition) is 2. The summed E-state index contributed by atoms with van der Waals surface area (Å²) in [6.07, 6.45) is 11.7. The summed E-state index contributed by atoms with van der Waals surface area (Å²) < 4.78 is 1.19. The van der Waals surface area contributed by atoms with Gasteiger partial charge in [-0.1, -0.05) is 19.3 Å². The maximum atomic E-state index is 12.1. The summed E-state index contributed by atoms with van der Waals surface area (Å²) in [7, 11) is 0. The quantitative estimate of drug-likeness (QED) is 0.724. The number of aromatic nitrogens is 4. The van der Waals surface area contributed by atoms with Gasteiger partial charge in [-0.3, -0.25) is 9.59 Å². The molecule has 0 bridgehead atoms. The zero-order chi connectivity index (χ0) is 19.3. The smallest absolute Gasteiger partial charge is 0.267 e. The summed E-state index contributed by atoms with van der Waals surface area (Å²) in [5, 5.41) is 10.5. The first-order chi connectivity index (χ1) is 13.7. The standard InChI is InChI=1S/C20H26N6O2/c27-18(24-16-5-2-6-16)13-26-19(28)8-7-17(25-26)15-11-22-20(23-12-15)21-10-9-14-3-1-4-14/h7-8,11-12,14,16H,1-6,9-10,13H2,(H,24,27)(H,21,22,23). The molecule has 2 fully saturated rings. The predicted octanol–water partition coefficient (Wildman–Crippen LogP) is 1.97. The van der Waals surface area contributed by atoms with Crippen LogP contribution in [0.1, 0.15) is 44.9 Å². The van der Waals surface area contributed by atoms with E-state index < -0.39 is 0 Å². The minimum atomic E-state index is -0.303. The van der Waals surface area contributed by atoms with E-state index in [9.17, 15) is 9.59 Å². The molecule has 0 aromatic carbocycles. The van der Waals surface area contributed by atoms with Crippen LogP contribution in [0.2, 0.25) is 0 Å². The first-order valence-corrected chi connectivity index (χ1v) is 10.1. The minimum Gasteiger partial charge on any atom is -0.354 e. The molecule has 2 aromatic rings. The number of nitrogens with one attached hydrogen (secondary N) is 2. The van der Waals surface area contributed by atoms with Crippen LogP contribution in [-0.2, 0) is 11.3 Å². The molecule has 2 saturated carbocycles. The van der Waals surface area contributed by atoms with Gasteiger partial charge < -0.3 is 10.6 Å². The topological polar surface area (TPSA) is 102 Å². The minimum absolute atomic E-state index is 0.0785. The van der Waals surface area contributed by atoms with Gasteiger partial charge in [0.05, 0.1) is 5.69 Å². The van der Waals surface area contributed by atoms with Gasteiger partial charge in [-0.2, -0.15) is 5.10 Å². The molecule has 28 heavy (non-hydrogen) atoms. The van der Waals surface area contributed by atoms with Crippen molar-refractivity contribution in [2.75, 3.05) is 11.9 Å². The first kappa shape index (κ1) is 18.6. The molecule has 2 heterocycles. The SMILES string of the molecule is O=C(Cn1nc(-c2cnc(NCCC3CCC3)nc2)ccc1=O)NC1CCC1.